The van der Waals surface area contributed by atoms with E-state index in [1.165, 1.54) is 0 Å². The summed E-state index contributed by atoms with van der Waals surface area (Å²) in [7, 11) is 0. The average molecular weight is 168 g/mol. The molecule has 1 heterocycles. The van der Waals surface area contributed by atoms with Crippen LogP contribution in [0.2, 0.25) is 0 Å². The predicted molar refractivity (Wildman–Crippen MR) is 47.9 cm³/mol. The first-order chi connectivity index (χ1) is 5.86. The zero-order chi connectivity index (χ0) is 8.81. The largest absolute Gasteiger partial charge is 0.303 e. The van der Waals surface area contributed by atoms with E-state index in [2.05, 4.69) is 34.2 Å². The highest BCUT2D eigenvalue weighted by molar-refractivity contribution is 4.90. The highest BCUT2D eigenvalue weighted by Gasteiger charge is 2.00. The summed E-state index contributed by atoms with van der Waals surface area (Å²) >= 11 is 0. The Morgan fingerprint density at radius 2 is 2.17 bits per heavy atom. The number of rotatable bonds is 5. The first-order valence-electron chi connectivity index (χ1n) is 4.44. The Morgan fingerprint density at radius 3 is 2.67 bits per heavy atom. The number of aromatic nitrogens is 3. The van der Waals surface area contributed by atoms with Gasteiger partial charge in [-0.2, -0.15) is 0 Å². The number of nitrogens with zero attached hydrogens (tertiary/aromatic N) is 3. The van der Waals surface area contributed by atoms with Gasteiger partial charge in [-0.3, -0.25) is 5.10 Å². The van der Waals surface area contributed by atoms with Crippen LogP contribution in [0, 0.1) is 0 Å². The Hall–Kier alpha value is -0.900. The van der Waals surface area contributed by atoms with Crippen molar-refractivity contribution in [3.05, 3.63) is 11.9 Å². The lowest BCUT2D eigenvalue weighted by molar-refractivity contribution is 0.307. The summed E-state index contributed by atoms with van der Waals surface area (Å²) in [5, 5.41) is 10.3. The summed E-state index contributed by atoms with van der Waals surface area (Å²) in [6, 6.07) is 0. The van der Waals surface area contributed by atoms with Gasteiger partial charge in [0.25, 0.3) is 0 Å². The van der Waals surface area contributed by atoms with Gasteiger partial charge in [0.05, 0.1) is 5.69 Å². The van der Waals surface area contributed by atoms with Crippen LogP contribution in [-0.2, 0) is 6.42 Å². The molecule has 0 aliphatic heterocycles. The molecule has 12 heavy (non-hydrogen) atoms. The first kappa shape index (κ1) is 9.19. The molecule has 1 N–H and O–H groups in total. The van der Waals surface area contributed by atoms with Crippen LogP contribution in [0.1, 0.15) is 19.5 Å². The van der Waals surface area contributed by atoms with Gasteiger partial charge >= 0.3 is 0 Å². The van der Waals surface area contributed by atoms with Crippen LogP contribution in [0.5, 0.6) is 0 Å². The smallest absolute Gasteiger partial charge is 0.0837 e. The molecule has 0 spiro atoms. The summed E-state index contributed by atoms with van der Waals surface area (Å²) in [5.74, 6) is 0. The maximum absolute atomic E-state index is 3.92. The topological polar surface area (TPSA) is 44.8 Å². The summed E-state index contributed by atoms with van der Waals surface area (Å²) in [6.07, 6.45) is 2.84. The molecule has 1 rings (SSSR count). The standard InChI is InChI=1S/C8H16N4/c1-3-12(4-2)6-5-8-7-9-11-10-8/h7H,3-6H2,1-2H3,(H,9,10,11). The Morgan fingerprint density at radius 1 is 1.42 bits per heavy atom. The number of hydrogen-bond acceptors (Lipinski definition) is 3. The van der Waals surface area contributed by atoms with Crippen LogP contribution in [0.3, 0.4) is 0 Å². The Bertz CT molecular complexity index is 191. The fraction of sp³-hybridized carbons (Fsp3) is 0.750. The number of likely N-dealkylation sites (N-methyl/N-ethyl adjacent to an activating group) is 1. The second-order valence-electron chi connectivity index (χ2n) is 2.74. The summed E-state index contributed by atoms with van der Waals surface area (Å²) in [4.78, 5) is 2.37. The Kier molecular flexibility index (Phi) is 3.73. The first-order valence-corrected chi connectivity index (χ1v) is 4.44. The van der Waals surface area contributed by atoms with Gasteiger partial charge in [-0.15, -0.1) is 5.10 Å². The normalized spacial score (nSPS) is 10.9. The minimum Gasteiger partial charge on any atom is -0.303 e. The van der Waals surface area contributed by atoms with Crippen LogP contribution < -0.4 is 0 Å². The Balaban J connectivity index is 2.25. The van der Waals surface area contributed by atoms with Crippen LogP contribution in [0.15, 0.2) is 6.20 Å². The third kappa shape index (κ3) is 2.62. The molecular weight excluding hydrogens is 152 g/mol. The lowest BCUT2D eigenvalue weighted by Gasteiger charge is -2.16. The molecule has 0 radical (unpaired) electrons. The van der Waals surface area contributed by atoms with Gasteiger partial charge in [0, 0.05) is 19.2 Å². The molecule has 1 aromatic heterocycles. The van der Waals surface area contributed by atoms with Gasteiger partial charge in [-0.25, -0.2) is 0 Å². The van der Waals surface area contributed by atoms with Gasteiger partial charge in [0.1, 0.15) is 0 Å². The SMILES string of the molecule is CCN(CC)CCc1c[nH]nn1. The minimum atomic E-state index is 0.984. The molecule has 0 fully saturated rings. The van der Waals surface area contributed by atoms with E-state index in [9.17, 15) is 0 Å². The fourth-order valence-corrected chi connectivity index (χ4v) is 1.16. The van der Waals surface area contributed by atoms with Crippen LogP contribution in [0.25, 0.3) is 0 Å². The van der Waals surface area contributed by atoms with Gasteiger partial charge in [0.15, 0.2) is 0 Å². The third-order valence-corrected chi connectivity index (χ3v) is 2.05. The van der Waals surface area contributed by atoms with Gasteiger partial charge in [0.2, 0.25) is 0 Å². The van der Waals surface area contributed by atoms with Crippen LogP contribution in [0.4, 0.5) is 0 Å². The molecule has 0 bridgehead atoms. The van der Waals surface area contributed by atoms with Gasteiger partial charge in [-0.05, 0) is 13.1 Å². The lowest BCUT2D eigenvalue weighted by atomic mass is 10.3. The predicted octanol–water partition coefficient (Wildman–Crippen LogP) is 0.689. The number of hydrogen-bond donors (Lipinski definition) is 1. The van der Waals surface area contributed by atoms with E-state index in [-0.39, 0.29) is 0 Å². The van der Waals surface area contributed by atoms with Crippen LogP contribution >= 0.6 is 0 Å². The van der Waals surface area contributed by atoms with Crippen molar-refractivity contribution in [2.24, 2.45) is 0 Å². The third-order valence-electron chi connectivity index (χ3n) is 2.05. The highest BCUT2D eigenvalue weighted by atomic mass is 15.3. The summed E-state index contributed by atoms with van der Waals surface area (Å²) in [5.41, 5.74) is 1.04. The van der Waals surface area contributed by atoms with Crippen molar-refractivity contribution in [1.82, 2.24) is 20.3 Å². The van der Waals surface area contributed by atoms with Crippen molar-refractivity contribution in [3.8, 4) is 0 Å². The zero-order valence-corrected chi connectivity index (χ0v) is 7.75. The summed E-state index contributed by atoms with van der Waals surface area (Å²) < 4.78 is 0. The average Bonchev–Trinajstić information content (AvgIpc) is 2.59. The van der Waals surface area contributed by atoms with E-state index in [1.807, 2.05) is 6.20 Å². The molecule has 4 nitrogen and oxygen atoms in total. The maximum Gasteiger partial charge on any atom is 0.0837 e. The molecule has 0 saturated carbocycles. The van der Waals surface area contributed by atoms with Crippen molar-refractivity contribution in [2.75, 3.05) is 19.6 Å². The fourth-order valence-electron chi connectivity index (χ4n) is 1.16. The van der Waals surface area contributed by atoms with E-state index < -0.39 is 0 Å². The van der Waals surface area contributed by atoms with Crippen molar-refractivity contribution in [2.45, 2.75) is 20.3 Å². The van der Waals surface area contributed by atoms with Gasteiger partial charge in [-0.1, -0.05) is 19.1 Å². The molecular formula is C8H16N4. The zero-order valence-electron chi connectivity index (χ0n) is 7.75. The molecule has 0 aliphatic rings. The van der Waals surface area contributed by atoms with E-state index >= 15 is 0 Å². The van der Waals surface area contributed by atoms with E-state index in [4.69, 9.17) is 0 Å². The second-order valence-corrected chi connectivity index (χ2v) is 2.74. The molecule has 4 heteroatoms. The lowest BCUT2D eigenvalue weighted by Crippen LogP contribution is -2.25. The maximum atomic E-state index is 3.92. The van der Waals surface area contributed by atoms with Crippen molar-refractivity contribution in [3.63, 3.8) is 0 Å². The number of aromatic amines is 1. The molecule has 0 aromatic carbocycles. The summed E-state index contributed by atoms with van der Waals surface area (Å²) in [6.45, 7) is 7.63. The van der Waals surface area contributed by atoms with Crippen LogP contribution in [-0.4, -0.2) is 39.9 Å². The van der Waals surface area contributed by atoms with Crippen molar-refractivity contribution >= 4 is 0 Å². The molecule has 68 valence electrons. The monoisotopic (exact) mass is 168 g/mol. The van der Waals surface area contributed by atoms with E-state index in [0.29, 0.717) is 0 Å². The minimum absolute atomic E-state index is 0.984. The quantitative estimate of drug-likeness (QED) is 0.703. The molecule has 0 unspecified atom stereocenters. The molecule has 0 amide bonds. The van der Waals surface area contributed by atoms with E-state index in [0.717, 1.165) is 31.7 Å². The molecule has 0 saturated heterocycles. The molecule has 0 atom stereocenters. The number of nitrogens with one attached hydrogen (secondary N) is 1. The second kappa shape index (κ2) is 4.87. The highest BCUT2D eigenvalue weighted by Crippen LogP contribution is 1.94. The molecule has 1 aromatic rings. The van der Waals surface area contributed by atoms with E-state index in [1.54, 1.807) is 0 Å². The van der Waals surface area contributed by atoms with Crippen molar-refractivity contribution in [1.29, 1.82) is 0 Å². The van der Waals surface area contributed by atoms with Gasteiger partial charge < -0.3 is 4.90 Å². The molecule has 0 aliphatic carbocycles. The Labute approximate surface area is 73.0 Å². The number of H-pyrrole nitrogens is 1. The van der Waals surface area contributed by atoms with Crippen molar-refractivity contribution < 1.29 is 0 Å².